The molecule has 0 spiro atoms. The summed E-state index contributed by atoms with van der Waals surface area (Å²) in [4.78, 5) is 13.4. The number of carbonyl (C=O) groups is 1. The largest absolute Gasteiger partial charge is 0.508 e. The topological polar surface area (TPSA) is 73.6 Å². The van der Waals surface area contributed by atoms with Crippen LogP contribution in [0.1, 0.15) is 38.7 Å². The van der Waals surface area contributed by atoms with E-state index in [2.05, 4.69) is 6.07 Å². The van der Waals surface area contributed by atoms with Gasteiger partial charge in [0, 0.05) is 18.0 Å². The van der Waals surface area contributed by atoms with Gasteiger partial charge < -0.3 is 14.7 Å². The van der Waals surface area contributed by atoms with E-state index in [9.17, 15) is 15.2 Å². The van der Waals surface area contributed by atoms with Gasteiger partial charge in [0.2, 0.25) is 0 Å². The van der Waals surface area contributed by atoms with Crippen molar-refractivity contribution in [1.82, 2.24) is 4.90 Å². The van der Waals surface area contributed by atoms with Crippen LogP contribution in [0.3, 0.4) is 0 Å². The second-order valence-corrected chi connectivity index (χ2v) is 5.73. The Morgan fingerprint density at radius 1 is 1.20 bits per heavy atom. The van der Waals surface area contributed by atoms with E-state index in [1.807, 2.05) is 17.9 Å². The lowest BCUT2D eigenvalue weighted by atomic mass is 9.91. The normalized spacial score (nSPS) is 13.8. The van der Waals surface area contributed by atoms with Gasteiger partial charge in [-0.15, -0.1) is 0 Å². The lowest BCUT2D eigenvalue weighted by molar-refractivity contribution is 0.112. The average molecular weight is 332 g/mol. The molecule has 1 N–H and O–H groups in total. The highest BCUT2D eigenvalue weighted by Gasteiger charge is 2.24. The van der Waals surface area contributed by atoms with E-state index >= 15 is 0 Å². The van der Waals surface area contributed by atoms with Crippen molar-refractivity contribution in [2.45, 2.75) is 13.0 Å². The maximum atomic E-state index is 11.5. The fourth-order valence-corrected chi connectivity index (χ4v) is 2.93. The van der Waals surface area contributed by atoms with Crippen LogP contribution in [0.15, 0.2) is 61.3 Å². The number of hydrogen-bond acceptors (Lipinski definition) is 5. The smallest absolute Gasteiger partial charge is 0.150 e. The summed E-state index contributed by atoms with van der Waals surface area (Å²) in [6.45, 7) is 1.91. The molecule has 0 saturated heterocycles. The molecule has 124 valence electrons. The molecular weight excluding hydrogens is 316 g/mol. The summed E-state index contributed by atoms with van der Waals surface area (Å²) in [5.74, 6) is 0.0694. The van der Waals surface area contributed by atoms with Crippen LogP contribution in [0.5, 0.6) is 5.75 Å². The minimum Gasteiger partial charge on any atom is -0.508 e. The van der Waals surface area contributed by atoms with Gasteiger partial charge in [-0.25, -0.2) is 0 Å². The first-order chi connectivity index (χ1) is 12.1. The molecule has 1 aliphatic heterocycles. The van der Waals surface area contributed by atoms with Gasteiger partial charge in [0.05, 0.1) is 17.7 Å². The predicted molar refractivity (Wildman–Crippen MR) is 92.4 cm³/mol. The van der Waals surface area contributed by atoms with E-state index in [0.29, 0.717) is 16.7 Å². The fraction of sp³-hybridized carbons (Fsp3) is 0.100. The molecule has 0 fully saturated rings. The zero-order valence-corrected chi connectivity index (χ0v) is 13.6. The summed E-state index contributed by atoms with van der Waals surface area (Å²) in [6, 6.07) is 11.9. The minimum absolute atomic E-state index is 0.0694. The molecule has 1 atom stereocenters. The number of aldehydes is 1. The molecule has 5 heteroatoms. The molecule has 0 saturated carbocycles. The van der Waals surface area contributed by atoms with Crippen molar-refractivity contribution < 1.29 is 14.6 Å². The monoisotopic (exact) mass is 332 g/mol. The fourth-order valence-electron chi connectivity index (χ4n) is 2.93. The lowest BCUT2D eigenvalue weighted by Gasteiger charge is -2.30. The number of rotatable bonds is 4. The van der Waals surface area contributed by atoms with Crippen LogP contribution in [0.2, 0.25) is 0 Å². The van der Waals surface area contributed by atoms with Gasteiger partial charge in [-0.05, 0) is 53.9 Å². The van der Waals surface area contributed by atoms with Crippen molar-refractivity contribution in [3.63, 3.8) is 0 Å². The number of nitriles is 1. The zero-order valence-electron chi connectivity index (χ0n) is 13.6. The molecule has 0 radical (unpaired) electrons. The molecule has 1 heterocycles. The number of carbonyl (C=O) groups excluding carboxylic acids is 1. The second-order valence-electron chi connectivity index (χ2n) is 5.73. The molecular formula is C20H16N2O3. The van der Waals surface area contributed by atoms with Crippen molar-refractivity contribution in [2.75, 3.05) is 0 Å². The number of phenolic OH excluding ortho intramolecular Hbond substituents is 1. The highest BCUT2D eigenvalue weighted by Crippen LogP contribution is 2.34. The molecule has 1 unspecified atom stereocenters. The Labute approximate surface area is 145 Å². The number of aryl methyl sites for hydroxylation is 1. The Balaban J connectivity index is 2.23. The first-order valence-corrected chi connectivity index (χ1v) is 7.68. The Bertz CT molecular complexity index is 898. The summed E-state index contributed by atoms with van der Waals surface area (Å²) < 4.78 is 5.10. The number of ether oxygens (including phenoxy) is 1. The van der Waals surface area contributed by atoms with Gasteiger partial charge >= 0.3 is 0 Å². The minimum atomic E-state index is -0.393. The van der Waals surface area contributed by atoms with E-state index in [1.54, 1.807) is 36.7 Å². The van der Waals surface area contributed by atoms with Gasteiger partial charge in [0.1, 0.15) is 24.6 Å². The van der Waals surface area contributed by atoms with E-state index in [-0.39, 0.29) is 5.75 Å². The lowest BCUT2D eigenvalue weighted by Crippen LogP contribution is -2.22. The second kappa shape index (κ2) is 6.93. The summed E-state index contributed by atoms with van der Waals surface area (Å²) in [5.41, 5.74) is 3.42. The highest BCUT2D eigenvalue weighted by molar-refractivity contribution is 5.78. The molecule has 0 amide bonds. The van der Waals surface area contributed by atoms with Gasteiger partial charge in [-0.2, -0.15) is 5.26 Å². The highest BCUT2D eigenvalue weighted by atomic mass is 16.5. The molecule has 0 aliphatic carbocycles. The molecule has 2 aromatic carbocycles. The molecule has 0 aromatic heterocycles. The van der Waals surface area contributed by atoms with Gasteiger partial charge in [-0.3, -0.25) is 4.79 Å². The number of nitrogens with zero attached hydrogens (tertiary/aromatic N) is 2. The number of aromatic hydroxyl groups is 1. The van der Waals surface area contributed by atoms with Crippen LogP contribution in [0.25, 0.3) is 0 Å². The Kier molecular flexibility index (Phi) is 4.53. The van der Waals surface area contributed by atoms with Crippen molar-refractivity contribution in [3.8, 4) is 11.8 Å². The number of benzene rings is 2. The summed E-state index contributed by atoms with van der Waals surface area (Å²) >= 11 is 0. The van der Waals surface area contributed by atoms with Gasteiger partial charge in [0.15, 0.2) is 0 Å². The summed E-state index contributed by atoms with van der Waals surface area (Å²) in [7, 11) is 0. The third kappa shape index (κ3) is 3.38. The molecule has 2 aromatic rings. The third-order valence-corrected chi connectivity index (χ3v) is 3.96. The molecule has 25 heavy (non-hydrogen) atoms. The first-order valence-electron chi connectivity index (χ1n) is 7.68. The first kappa shape index (κ1) is 16.3. The van der Waals surface area contributed by atoms with Crippen LogP contribution in [0, 0.1) is 18.3 Å². The van der Waals surface area contributed by atoms with Crippen molar-refractivity contribution in [1.29, 1.82) is 5.26 Å². The van der Waals surface area contributed by atoms with Gasteiger partial charge in [-0.1, -0.05) is 6.07 Å². The SMILES string of the molecule is Cc1cc(C#N)cc(C(c2cc(O)ccc2C=O)N2C=COC=C2)c1. The molecule has 5 nitrogen and oxygen atoms in total. The van der Waals surface area contributed by atoms with Crippen LogP contribution in [0.4, 0.5) is 0 Å². The molecule has 0 bridgehead atoms. The van der Waals surface area contributed by atoms with E-state index < -0.39 is 6.04 Å². The summed E-state index contributed by atoms with van der Waals surface area (Å²) in [6.07, 6.45) is 7.28. The number of phenols is 1. The third-order valence-electron chi connectivity index (χ3n) is 3.96. The van der Waals surface area contributed by atoms with Crippen LogP contribution >= 0.6 is 0 Å². The van der Waals surface area contributed by atoms with Crippen molar-refractivity contribution in [3.05, 3.63) is 89.1 Å². The molecule has 1 aliphatic rings. The number of hydrogen-bond donors (Lipinski definition) is 1. The van der Waals surface area contributed by atoms with E-state index in [0.717, 1.165) is 17.4 Å². The predicted octanol–water partition coefficient (Wildman–Crippen LogP) is 3.75. The van der Waals surface area contributed by atoms with Gasteiger partial charge in [0.25, 0.3) is 0 Å². The maximum absolute atomic E-state index is 11.5. The zero-order chi connectivity index (χ0) is 17.8. The Morgan fingerprint density at radius 2 is 1.96 bits per heavy atom. The van der Waals surface area contributed by atoms with Crippen molar-refractivity contribution in [2.24, 2.45) is 0 Å². The van der Waals surface area contributed by atoms with E-state index in [4.69, 9.17) is 4.74 Å². The Morgan fingerprint density at radius 3 is 2.64 bits per heavy atom. The Hall–Kier alpha value is -3.52. The van der Waals surface area contributed by atoms with Crippen LogP contribution in [-0.2, 0) is 4.74 Å². The maximum Gasteiger partial charge on any atom is 0.150 e. The standard InChI is InChI=1S/C20H16N2O3/c1-14-8-15(12-21)10-17(9-14)20(22-4-6-25-7-5-22)19-11-18(24)3-2-16(19)13-23/h2-11,13,20,24H,1H3. The van der Waals surface area contributed by atoms with Crippen LogP contribution < -0.4 is 0 Å². The summed E-state index contributed by atoms with van der Waals surface area (Å²) in [5, 5.41) is 19.2. The van der Waals surface area contributed by atoms with E-state index in [1.165, 1.54) is 18.6 Å². The van der Waals surface area contributed by atoms with Crippen LogP contribution in [-0.4, -0.2) is 16.3 Å². The quantitative estimate of drug-likeness (QED) is 0.863. The van der Waals surface area contributed by atoms with Crippen molar-refractivity contribution >= 4 is 6.29 Å². The average Bonchev–Trinajstić information content (AvgIpc) is 2.62. The molecule has 3 rings (SSSR count).